The summed E-state index contributed by atoms with van der Waals surface area (Å²) in [6, 6.07) is 17.7. The van der Waals surface area contributed by atoms with Gasteiger partial charge in [-0.05, 0) is 36.5 Å². The molecule has 1 fully saturated rings. The van der Waals surface area contributed by atoms with Crippen molar-refractivity contribution in [3.8, 4) is 5.75 Å². The maximum absolute atomic E-state index is 12.4. The number of carbonyl (C=O) groups is 1. The molecular weight excluding hydrogens is 300 g/mol. The van der Waals surface area contributed by atoms with Crippen LogP contribution in [0.3, 0.4) is 0 Å². The summed E-state index contributed by atoms with van der Waals surface area (Å²) in [6.07, 6.45) is 3.62. The summed E-state index contributed by atoms with van der Waals surface area (Å²) in [7, 11) is 0. The van der Waals surface area contributed by atoms with E-state index in [2.05, 4.69) is 0 Å². The lowest BCUT2D eigenvalue weighted by Crippen LogP contribution is -2.41. The van der Waals surface area contributed by atoms with Gasteiger partial charge in [0, 0.05) is 6.54 Å². The van der Waals surface area contributed by atoms with Crippen LogP contribution < -0.4 is 15.4 Å². The zero-order valence-electron chi connectivity index (χ0n) is 13.9. The summed E-state index contributed by atoms with van der Waals surface area (Å²) >= 11 is 0. The average Bonchev–Trinajstić information content (AvgIpc) is 2.60. The number of benzene rings is 2. The van der Waals surface area contributed by atoms with Gasteiger partial charge in [0.15, 0.2) is 0 Å². The number of hydrogen-bond donors (Lipinski definition) is 1. The van der Waals surface area contributed by atoms with E-state index >= 15 is 0 Å². The van der Waals surface area contributed by atoms with Crippen LogP contribution in [-0.2, 0) is 11.4 Å². The molecule has 1 aliphatic carbocycles. The molecule has 4 nitrogen and oxygen atoms in total. The lowest BCUT2D eigenvalue weighted by atomic mass is 9.85. The second-order valence-corrected chi connectivity index (χ2v) is 6.25. The maximum Gasteiger partial charge on any atom is 0.240 e. The minimum atomic E-state index is -0.0577. The first-order chi connectivity index (χ1) is 11.8. The lowest BCUT2D eigenvalue weighted by molar-refractivity contribution is -0.117. The second-order valence-electron chi connectivity index (χ2n) is 6.25. The molecule has 2 aromatic rings. The molecule has 0 aliphatic heterocycles. The Labute approximate surface area is 143 Å². The maximum atomic E-state index is 12.4. The fourth-order valence-electron chi connectivity index (χ4n) is 2.92. The molecule has 2 N–H and O–H groups in total. The molecule has 3 rings (SSSR count). The highest BCUT2D eigenvalue weighted by Crippen LogP contribution is 2.33. The van der Waals surface area contributed by atoms with Gasteiger partial charge in [0.2, 0.25) is 5.91 Å². The van der Waals surface area contributed by atoms with Crippen LogP contribution in [0.2, 0.25) is 0 Å². The number of nitrogens with two attached hydrogens (primary N) is 1. The standard InChI is InChI=1S/C20H24N2O2/c21-13-20(23)22(14-16-9-6-10-16)18-11-4-5-12-19(18)24-15-17-7-2-1-3-8-17/h1-5,7-8,11-12,16H,6,9-10,13-15,21H2. The Morgan fingerprint density at radius 3 is 2.46 bits per heavy atom. The molecule has 0 radical (unpaired) electrons. The van der Waals surface area contributed by atoms with Crippen molar-refractivity contribution in [1.29, 1.82) is 0 Å². The lowest BCUT2D eigenvalue weighted by Gasteiger charge is -2.33. The minimum Gasteiger partial charge on any atom is -0.487 e. The molecule has 0 unspecified atom stereocenters. The van der Waals surface area contributed by atoms with Crippen molar-refractivity contribution in [3.05, 3.63) is 60.2 Å². The highest BCUT2D eigenvalue weighted by Gasteiger charge is 2.25. The Balaban J connectivity index is 1.78. The summed E-state index contributed by atoms with van der Waals surface area (Å²) in [6.45, 7) is 1.22. The molecule has 0 spiro atoms. The van der Waals surface area contributed by atoms with Crippen molar-refractivity contribution >= 4 is 11.6 Å². The first-order valence-corrected chi connectivity index (χ1v) is 8.54. The topological polar surface area (TPSA) is 55.6 Å². The molecule has 0 saturated heterocycles. The molecule has 1 amide bonds. The first-order valence-electron chi connectivity index (χ1n) is 8.54. The molecule has 0 atom stereocenters. The van der Waals surface area contributed by atoms with Crippen molar-refractivity contribution in [2.45, 2.75) is 25.9 Å². The zero-order chi connectivity index (χ0) is 16.8. The highest BCUT2D eigenvalue weighted by molar-refractivity contribution is 5.96. The van der Waals surface area contributed by atoms with E-state index in [4.69, 9.17) is 10.5 Å². The Morgan fingerprint density at radius 2 is 1.79 bits per heavy atom. The predicted octanol–water partition coefficient (Wildman–Crippen LogP) is 3.36. The van der Waals surface area contributed by atoms with Gasteiger partial charge in [-0.25, -0.2) is 0 Å². The van der Waals surface area contributed by atoms with Gasteiger partial charge in [-0.3, -0.25) is 4.79 Å². The Bertz CT molecular complexity index is 668. The largest absolute Gasteiger partial charge is 0.487 e. The fraction of sp³-hybridized carbons (Fsp3) is 0.350. The van der Waals surface area contributed by atoms with E-state index in [0.29, 0.717) is 12.5 Å². The summed E-state index contributed by atoms with van der Waals surface area (Å²) in [5.41, 5.74) is 7.54. The van der Waals surface area contributed by atoms with Crippen LogP contribution in [0.15, 0.2) is 54.6 Å². The second kappa shape index (κ2) is 7.97. The third kappa shape index (κ3) is 3.95. The molecule has 0 aromatic heterocycles. The Kier molecular flexibility index (Phi) is 5.49. The molecule has 1 aliphatic rings. The number of ether oxygens (including phenoxy) is 1. The number of anilines is 1. The van der Waals surface area contributed by atoms with Crippen LogP contribution in [0.25, 0.3) is 0 Å². The molecule has 0 heterocycles. The van der Waals surface area contributed by atoms with Gasteiger partial charge >= 0.3 is 0 Å². The van der Waals surface area contributed by atoms with Crippen molar-refractivity contribution in [3.63, 3.8) is 0 Å². The third-order valence-corrected chi connectivity index (χ3v) is 4.53. The summed E-state index contributed by atoms with van der Waals surface area (Å²) in [4.78, 5) is 14.2. The monoisotopic (exact) mass is 324 g/mol. The molecule has 4 heteroatoms. The van der Waals surface area contributed by atoms with E-state index in [-0.39, 0.29) is 12.5 Å². The van der Waals surface area contributed by atoms with Gasteiger partial charge in [-0.15, -0.1) is 0 Å². The molecule has 2 aromatic carbocycles. The van der Waals surface area contributed by atoms with Gasteiger partial charge in [-0.2, -0.15) is 0 Å². The van der Waals surface area contributed by atoms with Crippen LogP contribution in [0.5, 0.6) is 5.75 Å². The smallest absolute Gasteiger partial charge is 0.240 e. The van der Waals surface area contributed by atoms with Crippen molar-refractivity contribution < 1.29 is 9.53 Å². The highest BCUT2D eigenvalue weighted by atomic mass is 16.5. The van der Waals surface area contributed by atoms with E-state index in [0.717, 1.165) is 23.5 Å². The van der Waals surface area contributed by atoms with Gasteiger partial charge < -0.3 is 15.4 Å². The van der Waals surface area contributed by atoms with Gasteiger partial charge in [0.1, 0.15) is 12.4 Å². The molecular formula is C20H24N2O2. The summed E-state index contributed by atoms with van der Waals surface area (Å²) in [5, 5.41) is 0. The first kappa shape index (κ1) is 16.5. The summed E-state index contributed by atoms with van der Waals surface area (Å²) < 4.78 is 6.00. The van der Waals surface area contributed by atoms with E-state index in [1.54, 1.807) is 4.90 Å². The molecule has 24 heavy (non-hydrogen) atoms. The average molecular weight is 324 g/mol. The predicted molar refractivity (Wildman–Crippen MR) is 96.0 cm³/mol. The van der Waals surface area contributed by atoms with Crippen LogP contribution in [0, 0.1) is 5.92 Å². The summed E-state index contributed by atoms with van der Waals surface area (Å²) in [5.74, 6) is 1.24. The van der Waals surface area contributed by atoms with Gasteiger partial charge in [-0.1, -0.05) is 48.9 Å². The number of rotatable bonds is 7. The van der Waals surface area contributed by atoms with E-state index in [9.17, 15) is 4.79 Å². The molecule has 126 valence electrons. The quantitative estimate of drug-likeness (QED) is 0.849. The molecule has 0 bridgehead atoms. The van der Waals surface area contributed by atoms with E-state index < -0.39 is 0 Å². The normalized spacial score (nSPS) is 14.0. The number of hydrogen-bond acceptors (Lipinski definition) is 3. The van der Waals surface area contributed by atoms with Crippen LogP contribution in [0.4, 0.5) is 5.69 Å². The number of carbonyl (C=O) groups excluding carboxylic acids is 1. The van der Waals surface area contributed by atoms with Crippen LogP contribution in [-0.4, -0.2) is 19.0 Å². The van der Waals surface area contributed by atoms with Crippen molar-refractivity contribution in [2.24, 2.45) is 11.7 Å². The number of para-hydroxylation sites is 2. The number of amides is 1. The SMILES string of the molecule is NCC(=O)N(CC1CCC1)c1ccccc1OCc1ccccc1. The zero-order valence-corrected chi connectivity index (χ0v) is 13.9. The minimum absolute atomic E-state index is 0.0136. The van der Waals surface area contributed by atoms with E-state index in [1.165, 1.54) is 19.3 Å². The van der Waals surface area contributed by atoms with Crippen molar-refractivity contribution in [2.75, 3.05) is 18.0 Å². The fourth-order valence-corrected chi connectivity index (χ4v) is 2.92. The van der Waals surface area contributed by atoms with Crippen LogP contribution in [0.1, 0.15) is 24.8 Å². The Morgan fingerprint density at radius 1 is 1.08 bits per heavy atom. The van der Waals surface area contributed by atoms with Gasteiger partial charge in [0.25, 0.3) is 0 Å². The van der Waals surface area contributed by atoms with Crippen molar-refractivity contribution in [1.82, 2.24) is 0 Å². The molecule has 1 saturated carbocycles. The Hall–Kier alpha value is -2.33. The number of nitrogens with zero attached hydrogens (tertiary/aromatic N) is 1. The third-order valence-electron chi connectivity index (χ3n) is 4.53. The van der Waals surface area contributed by atoms with Gasteiger partial charge in [0.05, 0.1) is 12.2 Å². The van der Waals surface area contributed by atoms with E-state index in [1.807, 2.05) is 54.6 Å². The van der Waals surface area contributed by atoms with Crippen LogP contribution >= 0.6 is 0 Å².